The first-order valence-corrected chi connectivity index (χ1v) is 9.20. The Morgan fingerprint density at radius 1 is 1.18 bits per heavy atom. The number of rotatable bonds is 7. The lowest BCUT2D eigenvalue weighted by atomic mass is 10.3. The third-order valence-corrected chi connectivity index (χ3v) is 4.34. The molecule has 8 nitrogen and oxygen atoms in total. The van der Waals surface area contributed by atoms with Gasteiger partial charge in [-0.05, 0) is 43.7 Å². The molecule has 0 N–H and O–H groups in total. The fraction of sp³-hybridized carbons (Fsp3) is 0.300. The number of furan rings is 1. The normalized spacial score (nSPS) is 11.5. The lowest BCUT2D eigenvalue weighted by Crippen LogP contribution is -2.26. The molecule has 28 heavy (non-hydrogen) atoms. The van der Waals surface area contributed by atoms with E-state index in [1.165, 1.54) is 0 Å². The van der Waals surface area contributed by atoms with E-state index >= 15 is 0 Å². The van der Waals surface area contributed by atoms with Crippen molar-refractivity contribution in [2.45, 2.75) is 33.4 Å². The van der Waals surface area contributed by atoms with Crippen LogP contribution in [0.5, 0.6) is 0 Å². The highest BCUT2D eigenvalue weighted by molar-refractivity contribution is 5.42. The average molecular weight is 379 g/mol. The Hall–Kier alpha value is -3.26. The van der Waals surface area contributed by atoms with Gasteiger partial charge in [-0.3, -0.25) is 14.1 Å². The molecule has 0 aromatic carbocycles. The maximum Gasteiger partial charge on any atom is 0.283 e. The fourth-order valence-electron chi connectivity index (χ4n) is 3.11. The number of aryl methyl sites for hydroxylation is 1. The molecule has 0 fully saturated rings. The van der Waals surface area contributed by atoms with Crippen molar-refractivity contribution in [1.29, 1.82) is 0 Å². The minimum atomic E-state index is -0.0851. The second kappa shape index (κ2) is 7.77. The highest BCUT2D eigenvalue weighted by Gasteiger charge is 2.15. The van der Waals surface area contributed by atoms with E-state index in [9.17, 15) is 4.79 Å². The molecule has 0 amide bonds. The number of aromatic nitrogens is 4. The minimum absolute atomic E-state index is 0.0851. The van der Waals surface area contributed by atoms with Gasteiger partial charge in [-0.15, -0.1) is 10.2 Å². The highest BCUT2D eigenvalue weighted by atomic mass is 16.4. The summed E-state index contributed by atoms with van der Waals surface area (Å²) in [7, 11) is 0. The number of hydrogen-bond acceptors (Lipinski definition) is 7. The summed E-state index contributed by atoms with van der Waals surface area (Å²) >= 11 is 0. The van der Waals surface area contributed by atoms with E-state index in [2.05, 4.69) is 27.0 Å². The van der Waals surface area contributed by atoms with Crippen molar-refractivity contribution in [3.05, 3.63) is 70.3 Å². The quantitative estimate of drug-likeness (QED) is 0.487. The summed E-state index contributed by atoms with van der Waals surface area (Å²) in [5.74, 6) is 1.39. The van der Waals surface area contributed by atoms with Gasteiger partial charge in [0.05, 0.1) is 18.5 Å². The van der Waals surface area contributed by atoms with Crippen molar-refractivity contribution in [2.24, 2.45) is 0 Å². The molecule has 0 unspecified atom stereocenters. The van der Waals surface area contributed by atoms with Gasteiger partial charge in [0, 0.05) is 18.8 Å². The van der Waals surface area contributed by atoms with E-state index in [0.29, 0.717) is 42.0 Å². The minimum Gasteiger partial charge on any atom is -0.459 e. The van der Waals surface area contributed by atoms with Gasteiger partial charge >= 0.3 is 0 Å². The summed E-state index contributed by atoms with van der Waals surface area (Å²) < 4.78 is 12.6. The van der Waals surface area contributed by atoms with Gasteiger partial charge in [0.1, 0.15) is 5.65 Å². The van der Waals surface area contributed by atoms with Gasteiger partial charge < -0.3 is 8.83 Å². The summed E-state index contributed by atoms with van der Waals surface area (Å²) in [4.78, 5) is 19.2. The molecule has 0 aliphatic rings. The summed E-state index contributed by atoms with van der Waals surface area (Å²) in [6.07, 6.45) is 4.31. The van der Waals surface area contributed by atoms with E-state index < -0.39 is 0 Å². The van der Waals surface area contributed by atoms with E-state index in [4.69, 9.17) is 8.83 Å². The van der Waals surface area contributed by atoms with Gasteiger partial charge in [0.2, 0.25) is 5.89 Å². The summed E-state index contributed by atoms with van der Waals surface area (Å²) in [6.45, 7) is 5.85. The molecule has 0 aliphatic heterocycles. The lowest BCUT2D eigenvalue weighted by molar-refractivity contribution is 0.229. The second-order valence-electron chi connectivity index (χ2n) is 6.71. The van der Waals surface area contributed by atoms with Crippen LogP contribution in [0.4, 0.5) is 0 Å². The Morgan fingerprint density at radius 2 is 2.07 bits per heavy atom. The van der Waals surface area contributed by atoms with Crippen LogP contribution in [0.3, 0.4) is 0 Å². The molecular weight excluding hydrogens is 358 g/mol. The Balaban J connectivity index is 1.55. The molecule has 0 spiro atoms. The second-order valence-corrected chi connectivity index (χ2v) is 6.71. The lowest BCUT2D eigenvalue weighted by Gasteiger charge is -2.19. The third-order valence-electron chi connectivity index (χ3n) is 4.34. The third kappa shape index (κ3) is 3.86. The van der Waals surface area contributed by atoms with Gasteiger partial charge in [-0.1, -0.05) is 13.0 Å². The maximum atomic E-state index is 12.4. The van der Waals surface area contributed by atoms with Crippen LogP contribution in [-0.4, -0.2) is 31.0 Å². The van der Waals surface area contributed by atoms with Crippen molar-refractivity contribution < 1.29 is 8.83 Å². The largest absolute Gasteiger partial charge is 0.459 e. The first-order valence-electron chi connectivity index (χ1n) is 9.20. The molecule has 0 saturated heterocycles. The van der Waals surface area contributed by atoms with E-state index in [1.807, 2.05) is 19.1 Å². The number of fused-ring (bicyclic) bond motifs is 1. The van der Waals surface area contributed by atoms with Crippen molar-refractivity contribution >= 4 is 5.65 Å². The topological polar surface area (TPSA) is 89.7 Å². The molecule has 144 valence electrons. The van der Waals surface area contributed by atoms with Gasteiger partial charge in [0.25, 0.3) is 11.4 Å². The van der Waals surface area contributed by atoms with Crippen molar-refractivity contribution in [2.75, 3.05) is 6.54 Å². The van der Waals surface area contributed by atoms with Crippen LogP contribution >= 0.6 is 0 Å². The van der Waals surface area contributed by atoms with Crippen LogP contribution in [0.15, 0.2) is 56.4 Å². The van der Waals surface area contributed by atoms with Crippen LogP contribution in [0.25, 0.3) is 17.3 Å². The fourth-order valence-corrected chi connectivity index (χ4v) is 3.11. The summed E-state index contributed by atoms with van der Waals surface area (Å²) in [6, 6.07) is 8.93. The molecule has 4 rings (SSSR count). The van der Waals surface area contributed by atoms with E-state index in [0.717, 1.165) is 18.5 Å². The van der Waals surface area contributed by atoms with Crippen LogP contribution in [0, 0.1) is 6.92 Å². The summed E-state index contributed by atoms with van der Waals surface area (Å²) in [5.41, 5.74) is 2.29. The van der Waals surface area contributed by atoms with E-state index in [1.54, 1.807) is 35.1 Å². The zero-order valence-electron chi connectivity index (χ0n) is 15.8. The predicted molar refractivity (Wildman–Crippen MR) is 103 cm³/mol. The predicted octanol–water partition coefficient (Wildman–Crippen LogP) is 3.06. The molecule has 0 aliphatic carbocycles. The Bertz CT molecular complexity index is 1130. The first kappa shape index (κ1) is 18.1. The Morgan fingerprint density at radius 3 is 2.86 bits per heavy atom. The first-order chi connectivity index (χ1) is 13.6. The number of nitrogens with zero attached hydrogens (tertiary/aromatic N) is 5. The molecule has 0 bridgehead atoms. The van der Waals surface area contributed by atoms with Gasteiger partial charge in [0.15, 0.2) is 5.76 Å². The molecule has 0 saturated carbocycles. The van der Waals surface area contributed by atoms with Crippen molar-refractivity contribution in [3.8, 4) is 11.7 Å². The molecule has 4 heterocycles. The van der Waals surface area contributed by atoms with Gasteiger partial charge in [-0.2, -0.15) is 0 Å². The number of pyridine rings is 1. The van der Waals surface area contributed by atoms with Crippen LogP contribution in [0.1, 0.15) is 30.5 Å². The van der Waals surface area contributed by atoms with Crippen LogP contribution in [0.2, 0.25) is 0 Å². The highest BCUT2D eigenvalue weighted by Crippen LogP contribution is 2.19. The van der Waals surface area contributed by atoms with Crippen molar-refractivity contribution in [3.63, 3.8) is 0 Å². The van der Waals surface area contributed by atoms with Crippen LogP contribution in [-0.2, 0) is 13.1 Å². The van der Waals surface area contributed by atoms with Gasteiger partial charge in [-0.25, -0.2) is 4.98 Å². The molecule has 4 aromatic rings. The number of hydrogen-bond donors (Lipinski definition) is 0. The standard InChI is InChI=1S/C20H21N5O3/c1-3-8-24(13-18-22-23-20(28-18)16-5-4-9-27-16)12-15-10-19(26)25-11-14(2)6-7-17(25)21-15/h4-7,9-11H,3,8,12-13H2,1-2H3. The molecular formula is C20H21N5O3. The molecule has 0 atom stereocenters. The Labute approximate surface area is 161 Å². The SMILES string of the molecule is CCCN(Cc1cc(=O)n2cc(C)ccc2n1)Cc1nnc(-c2ccco2)o1. The smallest absolute Gasteiger partial charge is 0.283 e. The zero-order chi connectivity index (χ0) is 19.5. The zero-order valence-corrected chi connectivity index (χ0v) is 15.8. The Kier molecular flexibility index (Phi) is 5.03. The van der Waals surface area contributed by atoms with Crippen LogP contribution < -0.4 is 5.56 Å². The monoisotopic (exact) mass is 379 g/mol. The van der Waals surface area contributed by atoms with E-state index in [-0.39, 0.29) is 5.56 Å². The molecule has 0 radical (unpaired) electrons. The molecule has 8 heteroatoms. The summed E-state index contributed by atoms with van der Waals surface area (Å²) in [5, 5.41) is 8.14. The molecule has 4 aromatic heterocycles. The van der Waals surface area contributed by atoms with Crippen molar-refractivity contribution in [1.82, 2.24) is 24.5 Å². The average Bonchev–Trinajstić information content (AvgIpc) is 3.34. The maximum absolute atomic E-state index is 12.4.